The highest BCUT2D eigenvalue weighted by atomic mass is 16.3. The SMILES string of the molecule is CC1=CCNc2cc(O)ccc21. The van der Waals surface area contributed by atoms with Crippen molar-refractivity contribution in [2.45, 2.75) is 6.92 Å². The van der Waals surface area contributed by atoms with Gasteiger partial charge in [0.15, 0.2) is 0 Å². The van der Waals surface area contributed by atoms with Crippen molar-refractivity contribution in [1.82, 2.24) is 0 Å². The Morgan fingerprint density at radius 1 is 1.42 bits per heavy atom. The summed E-state index contributed by atoms with van der Waals surface area (Å²) in [5.41, 5.74) is 3.47. The zero-order chi connectivity index (χ0) is 8.55. The number of phenols is 1. The van der Waals surface area contributed by atoms with Gasteiger partial charge >= 0.3 is 0 Å². The average molecular weight is 161 g/mol. The van der Waals surface area contributed by atoms with Crippen LogP contribution in [0.2, 0.25) is 0 Å². The van der Waals surface area contributed by atoms with Crippen LogP contribution in [-0.4, -0.2) is 11.7 Å². The minimum atomic E-state index is 0.316. The van der Waals surface area contributed by atoms with Crippen molar-refractivity contribution in [2.24, 2.45) is 0 Å². The molecule has 0 amide bonds. The van der Waals surface area contributed by atoms with Crippen molar-refractivity contribution in [3.8, 4) is 5.75 Å². The summed E-state index contributed by atoms with van der Waals surface area (Å²) < 4.78 is 0. The van der Waals surface area contributed by atoms with Gasteiger partial charge in [-0.05, 0) is 24.6 Å². The van der Waals surface area contributed by atoms with E-state index in [9.17, 15) is 5.11 Å². The second-order valence-electron chi connectivity index (χ2n) is 3.00. The van der Waals surface area contributed by atoms with Gasteiger partial charge in [-0.1, -0.05) is 6.08 Å². The van der Waals surface area contributed by atoms with E-state index in [0.717, 1.165) is 12.2 Å². The lowest BCUT2D eigenvalue weighted by molar-refractivity contribution is 0.475. The van der Waals surface area contributed by atoms with Crippen molar-refractivity contribution in [3.05, 3.63) is 29.8 Å². The molecule has 1 aromatic rings. The fourth-order valence-corrected chi connectivity index (χ4v) is 1.45. The standard InChI is InChI=1S/C10H11NO/c1-7-4-5-11-10-6-8(12)2-3-9(7)10/h2-4,6,11-12H,5H2,1H3. The van der Waals surface area contributed by atoms with Crippen LogP contribution in [0.5, 0.6) is 5.75 Å². The molecular weight excluding hydrogens is 150 g/mol. The molecule has 0 radical (unpaired) electrons. The van der Waals surface area contributed by atoms with Crippen LogP contribution in [0.3, 0.4) is 0 Å². The second-order valence-corrected chi connectivity index (χ2v) is 3.00. The van der Waals surface area contributed by atoms with Crippen LogP contribution in [0.15, 0.2) is 24.3 Å². The number of benzene rings is 1. The van der Waals surface area contributed by atoms with Gasteiger partial charge in [0.1, 0.15) is 5.75 Å². The molecule has 0 fully saturated rings. The summed E-state index contributed by atoms with van der Waals surface area (Å²) >= 11 is 0. The van der Waals surface area contributed by atoms with Gasteiger partial charge in [-0.15, -0.1) is 0 Å². The van der Waals surface area contributed by atoms with Gasteiger partial charge in [-0.3, -0.25) is 0 Å². The van der Waals surface area contributed by atoms with E-state index in [0.29, 0.717) is 5.75 Å². The molecule has 0 unspecified atom stereocenters. The summed E-state index contributed by atoms with van der Waals surface area (Å²) in [5, 5.41) is 12.4. The molecule has 2 nitrogen and oxygen atoms in total. The van der Waals surface area contributed by atoms with E-state index in [2.05, 4.69) is 18.3 Å². The summed E-state index contributed by atoms with van der Waals surface area (Å²) in [5.74, 6) is 0.316. The lowest BCUT2D eigenvalue weighted by Gasteiger charge is -2.16. The van der Waals surface area contributed by atoms with Crippen LogP contribution >= 0.6 is 0 Å². The third-order valence-corrected chi connectivity index (χ3v) is 2.13. The zero-order valence-electron chi connectivity index (χ0n) is 6.96. The molecule has 0 spiro atoms. The summed E-state index contributed by atoms with van der Waals surface area (Å²) in [6, 6.07) is 5.40. The molecule has 12 heavy (non-hydrogen) atoms. The molecule has 1 aliphatic heterocycles. The molecule has 2 N–H and O–H groups in total. The van der Waals surface area contributed by atoms with Crippen molar-refractivity contribution in [3.63, 3.8) is 0 Å². The first-order valence-electron chi connectivity index (χ1n) is 4.01. The van der Waals surface area contributed by atoms with Crippen molar-refractivity contribution in [2.75, 3.05) is 11.9 Å². The Bertz CT molecular complexity index is 342. The van der Waals surface area contributed by atoms with Crippen LogP contribution < -0.4 is 5.32 Å². The topological polar surface area (TPSA) is 32.3 Å². The van der Waals surface area contributed by atoms with E-state index in [1.165, 1.54) is 11.1 Å². The van der Waals surface area contributed by atoms with E-state index >= 15 is 0 Å². The summed E-state index contributed by atoms with van der Waals surface area (Å²) in [4.78, 5) is 0. The number of aromatic hydroxyl groups is 1. The number of nitrogens with one attached hydrogen (secondary N) is 1. The summed E-state index contributed by atoms with van der Waals surface area (Å²) in [6.07, 6.45) is 2.14. The van der Waals surface area contributed by atoms with E-state index in [1.54, 1.807) is 12.1 Å². The molecule has 0 saturated carbocycles. The van der Waals surface area contributed by atoms with Crippen LogP contribution in [-0.2, 0) is 0 Å². The van der Waals surface area contributed by atoms with E-state index < -0.39 is 0 Å². The van der Waals surface area contributed by atoms with Crippen LogP contribution in [0.1, 0.15) is 12.5 Å². The Balaban J connectivity index is 2.56. The first-order valence-corrected chi connectivity index (χ1v) is 4.01. The number of fused-ring (bicyclic) bond motifs is 1. The largest absolute Gasteiger partial charge is 0.508 e. The molecule has 0 aromatic heterocycles. The molecule has 2 heteroatoms. The minimum absolute atomic E-state index is 0.316. The first-order chi connectivity index (χ1) is 5.77. The zero-order valence-corrected chi connectivity index (χ0v) is 6.96. The smallest absolute Gasteiger partial charge is 0.117 e. The van der Waals surface area contributed by atoms with Gasteiger partial charge in [-0.2, -0.15) is 0 Å². The number of rotatable bonds is 0. The number of allylic oxidation sites excluding steroid dienone is 1. The molecule has 1 aliphatic rings. The van der Waals surface area contributed by atoms with Crippen LogP contribution in [0, 0.1) is 0 Å². The molecule has 0 aliphatic carbocycles. The maximum Gasteiger partial charge on any atom is 0.117 e. The third kappa shape index (κ3) is 1.05. The minimum Gasteiger partial charge on any atom is -0.508 e. The molecule has 0 atom stereocenters. The molecule has 1 aromatic carbocycles. The summed E-state index contributed by atoms with van der Waals surface area (Å²) in [6.45, 7) is 2.93. The second kappa shape index (κ2) is 2.55. The van der Waals surface area contributed by atoms with Crippen molar-refractivity contribution >= 4 is 11.3 Å². The molecule has 62 valence electrons. The number of anilines is 1. The molecular formula is C10H11NO. The number of hydrogen-bond donors (Lipinski definition) is 2. The van der Waals surface area contributed by atoms with Crippen molar-refractivity contribution in [1.29, 1.82) is 0 Å². The number of hydrogen-bond acceptors (Lipinski definition) is 2. The first kappa shape index (κ1) is 7.22. The average Bonchev–Trinajstić information content (AvgIpc) is 2.04. The Hall–Kier alpha value is -1.44. The normalized spacial score (nSPS) is 14.6. The lowest BCUT2D eigenvalue weighted by atomic mass is 10.0. The Morgan fingerprint density at radius 2 is 2.25 bits per heavy atom. The van der Waals surface area contributed by atoms with Crippen LogP contribution in [0.4, 0.5) is 5.69 Å². The van der Waals surface area contributed by atoms with Gasteiger partial charge in [-0.25, -0.2) is 0 Å². The third-order valence-electron chi connectivity index (χ3n) is 2.13. The monoisotopic (exact) mass is 161 g/mol. The Kier molecular flexibility index (Phi) is 1.54. The molecule has 0 bridgehead atoms. The van der Waals surface area contributed by atoms with Gasteiger partial charge < -0.3 is 10.4 Å². The Labute approximate surface area is 71.5 Å². The Morgan fingerprint density at radius 3 is 3.08 bits per heavy atom. The number of phenolic OH excluding ortho intramolecular Hbond substituents is 1. The fraction of sp³-hybridized carbons (Fsp3) is 0.200. The van der Waals surface area contributed by atoms with Crippen molar-refractivity contribution < 1.29 is 5.11 Å². The molecule has 2 rings (SSSR count). The predicted octanol–water partition coefficient (Wildman–Crippen LogP) is 2.22. The van der Waals surface area contributed by atoms with Gasteiger partial charge in [0.25, 0.3) is 0 Å². The van der Waals surface area contributed by atoms with Crippen LogP contribution in [0.25, 0.3) is 5.57 Å². The fourth-order valence-electron chi connectivity index (χ4n) is 1.45. The maximum absolute atomic E-state index is 9.22. The van der Waals surface area contributed by atoms with Gasteiger partial charge in [0.05, 0.1) is 0 Å². The highest BCUT2D eigenvalue weighted by molar-refractivity contribution is 5.78. The maximum atomic E-state index is 9.22. The quantitative estimate of drug-likeness (QED) is 0.611. The highest BCUT2D eigenvalue weighted by Gasteiger charge is 2.08. The molecule has 0 saturated heterocycles. The van der Waals surface area contributed by atoms with E-state index in [-0.39, 0.29) is 0 Å². The highest BCUT2D eigenvalue weighted by Crippen LogP contribution is 2.29. The molecule has 1 heterocycles. The predicted molar refractivity (Wildman–Crippen MR) is 50.2 cm³/mol. The lowest BCUT2D eigenvalue weighted by Crippen LogP contribution is -2.06. The van der Waals surface area contributed by atoms with E-state index in [4.69, 9.17) is 0 Å². The van der Waals surface area contributed by atoms with Gasteiger partial charge in [0, 0.05) is 23.9 Å². The van der Waals surface area contributed by atoms with E-state index in [1.807, 2.05) is 6.07 Å². The van der Waals surface area contributed by atoms with Gasteiger partial charge in [0.2, 0.25) is 0 Å². The summed E-state index contributed by atoms with van der Waals surface area (Å²) in [7, 11) is 0.